The largest absolute Gasteiger partial charge is 0.393 e. The van der Waals surface area contributed by atoms with Crippen molar-refractivity contribution < 1.29 is 5.11 Å². The Morgan fingerprint density at radius 1 is 1.44 bits per heavy atom. The molecule has 0 saturated heterocycles. The van der Waals surface area contributed by atoms with E-state index in [1.807, 2.05) is 11.7 Å². The molecule has 0 radical (unpaired) electrons. The highest BCUT2D eigenvalue weighted by molar-refractivity contribution is 7.09. The molecular formula is C13H23NOS. The zero-order chi connectivity index (χ0) is 12.2. The van der Waals surface area contributed by atoms with Gasteiger partial charge in [0.05, 0.1) is 11.6 Å². The number of aliphatic hydroxyl groups is 1. The lowest BCUT2D eigenvalue weighted by Gasteiger charge is -2.24. The molecule has 3 heteroatoms. The standard InChI is InChI=1S/C13H23NOS/c1-10(7-13(2,3)4)5-11(15)6-12-8-14-9-16-12/h8-11,15H,5-7H2,1-4H3. The third-order valence-electron chi connectivity index (χ3n) is 2.56. The van der Waals surface area contributed by atoms with E-state index >= 15 is 0 Å². The lowest BCUT2D eigenvalue weighted by molar-refractivity contribution is 0.133. The first kappa shape index (κ1) is 13.7. The molecule has 92 valence electrons. The molecule has 2 unspecified atom stereocenters. The van der Waals surface area contributed by atoms with Crippen molar-refractivity contribution in [3.63, 3.8) is 0 Å². The molecule has 0 aromatic carbocycles. The first-order valence-corrected chi connectivity index (χ1v) is 6.80. The van der Waals surface area contributed by atoms with Gasteiger partial charge < -0.3 is 5.11 Å². The minimum atomic E-state index is -0.224. The van der Waals surface area contributed by atoms with Crippen LogP contribution in [0.5, 0.6) is 0 Å². The molecule has 1 aromatic rings. The number of aromatic nitrogens is 1. The molecule has 0 spiro atoms. The summed E-state index contributed by atoms with van der Waals surface area (Å²) in [7, 11) is 0. The highest BCUT2D eigenvalue weighted by Crippen LogP contribution is 2.27. The lowest BCUT2D eigenvalue weighted by Crippen LogP contribution is -2.18. The second-order valence-corrected chi connectivity index (χ2v) is 6.90. The van der Waals surface area contributed by atoms with E-state index in [2.05, 4.69) is 32.7 Å². The average molecular weight is 241 g/mol. The SMILES string of the molecule is CC(CC(O)Cc1cncs1)CC(C)(C)C. The molecule has 0 amide bonds. The summed E-state index contributed by atoms with van der Waals surface area (Å²) >= 11 is 1.62. The summed E-state index contributed by atoms with van der Waals surface area (Å²) in [5.74, 6) is 0.572. The van der Waals surface area contributed by atoms with E-state index in [1.54, 1.807) is 11.3 Å². The van der Waals surface area contributed by atoms with Crippen molar-refractivity contribution in [2.45, 2.75) is 53.1 Å². The Morgan fingerprint density at radius 3 is 2.62 bits per heavy atom. The van der Waals surface area contributed by atoms with Crippen LogP contribution in [0.3, 0.4) is 0 Å². The molecule has 1 heterocycles. The van der Waals surface area contributed by atoms with Crippen LogP contribution in [0.25, 0.3) is 0 Å². The second-order valence-electron chi connectivity index (χ2n) is 5.93. The predicted molar refractivity (Wildman–Crippen MR) is 69.7 cm³/mol. The number of hydrogen-bond acceptors (Lipinski definition) is 3. The number of hydrogen-bond donors (Lipinski definition) is 1. The first-order chi connectivity index (χ1) is 7.37. The molecule has 0 aliphatic carbocycles. The fourth-order valence-corrected chi connectivity index (χ4v) is 2.92. The zero-order valence-electron chi connectivity index (χ0n) is 10.7. The van der Waals surface area contributed by atoms with Crippen LogP contribution in [0.2, 0.25) is 0 Å². The molecule has 2 atom stereocenters. The summed E-state index contributed by atoms with van der Waals surface area (Å²) in [6.07, 6.45) is 4.42. The zero-order valence-corrected chi connectivity index (χ0v) is 11.5. The molecule has 1 aromatic heterocycles. The van der Waals surface area contributed by atoms with E-state index in [4.69, 9.17) is 0 Å². The van der Waals surface area contributed by atoms with E-state index in [9.17, 15) is 5.11 Å². The Bertz CT molecular complexity index is 289. The van der Waals surface area contributed by atoms with Gasteiger partial charge in [-0.1, -0.05) is 27.7 Å². The van der Waals surface area contributed by atoms with Gasteiger partial charge in [-0.3, -0.25) is 4.98 Å². The molecule has 0 aliphatic heterocycles. The van der Waals surface area contributed by atoms with Crippen molar-refractivity contribution in [3.8, 4) is 0 Å². The molecular weight excluding hydrogens is 218 g/mol. The third-order valence-corrected chi connectivity index (χ3v) is 3.36. The summed E-state index contributed by atoms with van der Waals surface area (Å²) < 4.78 is 0. The van der Waals surface area contributed by atoms with Crippen LogP contribution < -0.4 is 0 Å². The minimum Gasteiger partial charge on any atom is -0.393 e. The number of nitrogens with zero attached hydrogens (tertiary/aromatic N) is 1. The van der Waals surface area contributed by atoms with Crippen LogP contribution in [0, 0.1) is 11.3 Å². The summed E-state index contributed by atoms with van der Waals surface area (Å²) in [5, 5.41) is 9.97. The molecule has 0 saturated carbocycles. The van der Waals surface area contributed by atoms with Gasteiger partial charge in [0.2, 0.25) is 0 Å². The van der Waals surface area contributed by atoms with Crippen LogP contribution >= 0.6 is 11.3 Å². The molecule has 0 aliphatic rings. The maximum Gasteiger partial charge on any atom is 0.0794 e. The lowest BCUT2D eigenvalue weighted by atomic mass is 9.83. The molecule has 0 fully saturated rings. The Hall–Kier alpha value is -0.410. The van der Waals surface area contributed by atoms with Crippen molar-refractivity contribution >= 4 is 11.3 Å². The highest BCUT2D eigenvalue weighted by Gasteiger charge is 2.18. The fraction of sp³-hybridized carbons (Fsp3) is 0.769. The summed E-state index contributed by atoms with van der Waals surface area (Å²) in [4.78, 5) is 5.20. The maximum atomic E-state index is 9.97. The topological polar surface area (TPSA) is 33.1 Å². The van der Waals surface area contributed by atoms with E-state index < -0.39 is 0 Å². The Morgan fingerprint density at radius 2 is 2.12 bits per heavy atom. The van der Waals surface area contributed by atoms with E-state index in [0.717, 1.165) is 19.3 Å². The molecule has 1 N–H and O–H groups in total. The number of rotatable bonds is 5. The van der Waals surface area contributed by atoms with Gasteiger partial charge >= 0.3 is 0 Å². The van der Waals surface area contributed by atoms with Gasteiger partial charge in [-0.05, 0) is 24.2 Å². The van der Waals surface area contributed by atoms with Crippen molar-refractivity contribution in [1.29, 1.82) is 0 Å². The fourth-order valence-electron chi connectivity index (χ4n) is 2.25. The van der Waals surface area contributed by atoms with Gasteiger partial charge in [0.15, 0.2) is 0 Å². The first-order valence-electron chi connectivity index (χ1n) is 5.92. The minimum absolute atomic E-state index is 0.224. The van der Waals surface area contributed by atoms with E-state index in [0.29, 0.717) is 11.3 Å². The Balaban J connectivity index is 2.31. The van der Waals surface area contributed by atoms with Gasteiger partial charge in [0.25, 0.3) is 0 Å². The van der Waals surface area contributed by atoms with Gasteiger partial charge in [0, 0.05) is 17.5 Å². The average Bonchev–Trinajstić information content (AvgIpc) is 2.51. The summed E-state index contributed by atoms with van der Waals surface area (Å²) in [5.41, 5.74) is 2.17. The van der Waals surface area contributed by atoms with Crippen LogP contribution in [0.1, 0.15) is 45.4 Å². The van der Waals surface area contributed by atoms with Crippen LogP contribution in [-0.2, 0) is 6.42 Å². The quantitative estimate of drug-likeness (QED) is 0.855. The van der Waals surface area contributed by atoms with Crippen LogP contribution in [0.4, 0.5) is 0 Å². The molecule has 1 rings (SSSR count). The molecule has 16 heavy (non-hydrogen) atoms. The van der Waals surface area contributed by atoms with Crippen molar-refractivity contribution in [1.82, 2.24) is 4.98 Å². The van der Waals surface area contributed by atoms with Gasteiger partial charge in [-0.2, -0.15) is 0 Å². The molecule has 2 nitrogen and oxygen atoms in total. The van der Waals surface area contributed by atoms with Crippen molar-refractivity contribution in [2.24, 2.45) is 11.3 Å². The highest BCUT2D eigenvalue weighted by atomic mass is 32.1. The van der Waals surface area contributed by atoms with Gasteiger partial charge in [-0.25, -0.2) is 0 Å². The van der Waals surface area contributed by atoms with Crippen molar-refractivity contribution in [2.75, 3.05) is 0 Å². The maximum absolute atomic E-state index is 9.97. The molecule has 0 bridgehead atoms. The number of aliphatic hydroxyl groups excluding tert-OH is 1. The van der Waals surface area contributed by atoms with Gasteiger partial charge in [-0.15, -0.1) is 11.3 Å². The summed E-state index contributed by atoms with van der Waals surface area (Å²) in [6, 6.07) is 0. The van der Waals surface area contributed by atoms with E-state index in [-0.39, 0.29) is 6.10 Å². The summed E-state index contributed by atoms with van der Waals surface area (Å²) in [6.45, 7) is 8.97. The Kier molecular flexibility index (Phi) is 4.93. The Labute approximate surface area is 103 Å². The van der Waals surface area contributed by atoms with Crippen LogP contribution in [-0.4, -0.2) is 16.2 Å². The van der Waals surface area contributed by atoms with Crippen LogP contribution in [0.15, 0.2) is 11.7 Å². The normalized spacial score (nSPS) is 16.1. The number of thiazole rings is 1. The monoisotopic (exact) mass is 241 g/mol. The smallest absolute Gasteiger partial charge is 0.0794 e. The van der Waals surface area contributed by atoms with E-state index in [1.165, 1.54) is 4.88 Å². The van der Waals surface area contributed by atoms with Gasteiger partial charge in [0.1, 0.15) is 0 Å². The second kappa shape index (κ2) is 5.78. The predicted octanol–water partition coefficient (Wildman–Crippen LogP) is 3.51. The van der Waals surface area contributed by atoms with Crippen molar-refractivity contribution in [3.05, 3.63) is 16.6 Å². The third kappa shape index (κ3) is 5.61.